The molecule has 4 rings (SSSR count). The maximum atomic E-state index is 13.6. The third kappa shape index (κ3) is 3.42. The Morgan fingerprint density at radius 2 is 2.36 bits per heavy atom. The Morgan fingerprint density at radius 1 is 1.50 bits per heavy atom. The van der Waals surface area contributed by atoms with Gasteiger partial charge < -0.3 is 26.1 Å². The fourth-order valence-electron chi connectivity index (χ4n) is 3.57. The monoisotopic (exact) mass is 389 g/mol. The van der Waals surface area contributed by atoms with E-state index in [2.05, 4.69) is 31.4 Å². The lowest BCUT2D eigenvalue weighted by Crippen LogP contribution is -2.34. The molecule has 1 aromatic heterocycles. The number of urea groups is 1. The Bertz CT molecular complexity index is 916. The Labute approximate surface area is 159 Å². The van der Waals surface area contributed by atoms with E-state index in [1.807, 2.05) is 0 Å². The van der Waals surface area contributed by atoms with E-state index in [9.17, 15) is 14.4 Å². The SMILES string of the molecule is CN1C[C@@H](CNc2nonc2/C(=N\O)NC2CCc3ccc(F)cc32)NC1=O. The maximum Gasteiger partial charge on any atom is 0.317 e. The molecule has 1 aliphatic carbocycles. The molecule has 0 spiro atoms. The van der Waals surface area contributed by atoms with Crippen molar-refractivity contribution in [1.82, 2.24) is 25.8 Å². The summed E-state index contributed by atoms with van der Waals surface area (Å²) < 4.78 is 18.4. The molecule has 2 atom stereocenters. The third-order valence-corrected chi connectivity index (χ3v) is 4.99. The normalized spacial score (nSPS) is 21.6. The molecule has 148 valence electrons. The number of hydrogen-bond acceptors (Lipinski definition) is 7. The molecule has 10 nitrogen and oxygen atoms in total. The quantitative estimate of drug-likeness (QED) is 0.260. The van der Waals surface area contributed by atoms with Crippen LogP contribution in [0.2, 0.25) is 0 Å². The fourth-order valence-corrected chi connectivity index (χ4v) is 3.57. The van der Waals surface area contributed by atoms with Gasteiger partial charge in [-0.25, -0.2) is 13.8 Å². The first-order valence-corrected chi connectivity index (χ1v) is 8.90. The van der Waals surface area contributed by atoms with E-state index < -0.39 is 0 Å². The lowest BCUT2D eigenvalue weighted by atomic mass is 10.1. The van der Waals surface area contributed by atoms with Crippen molar-refractivity contribution in [2.45, 2.75) is 24.9 Å². The minimum absolute atomic E-state index is 0.0680. The molecule has 2 aliphatic rings. The molecular weight excluding hydrogens is 369 g/mol. The van der Waals surface area contributed by atoms with Crippen LogP contribution in [0.4, 0.5) is 15.0 Å². The van der Waals surface area contributed by atoms with Gasteiger partial charge in [-0.2, -0.15) is 0 Å². The molecule has 2 aromatic rings. The Kier molecular flexibility index (Phi) is 4.72. The fraction of sp³-hybridized carbons (Fsp3) is 0.412. The summed E-state index contributed by atoms with van der Waals surface area (Å²) in [4.78, 5) is 13.1. The number of carbonyl (C=O) groups excluding carboxylic acids is 1. The number of likely N-dealkylation sites (N-methyl/N-ethyl adjacent to an activating group) is 1. The first-order valence-electron chi connectivity index (χ1n) is 8.90. The smallest absolute Gasteiger partial charge is 0.317 e. The van der Waals surface area contributed by atoms with Crippen molar-refractivity contribution in [3.8, 4) is 0 Å². The van der Waals surface area contributed by atoms with Gasteiger partial charge in [-0.15, -0.1) is 0 Å². The molecule has 11 heteroatoms. The first kappa shape index (κ1) is 18.0. The topological polar surface area (TPSA) is 128 Å². The predicted octanol–water partition coefficient (Wildman–Crippen LogP) is 1.06. The number of fused-ring (bicyclic) bond motifs is 1. The second kappa shape index (κ2) is 7.33. The molecule has 1 aliphatic heterocycles. The van der Waals surface area contributed by atoms with E-state index in [0.29, 0.717) is 13.1 Å². The molecule has 2 amide bonds. The van der Waals surface area contributed by atoms with Crippen molar-refractivity contribution in [3.05, 3.63) is 40.8 Å². The predicted molar refractivity (Wildman–Crippen MR) is 96.7 cm³/mol. The number of oxime groups is 1. The molecule has 0 radical (unpaired) electrons. The average molecular weight is 389 g/mol. The summed E-state index contributed by atoms with van der Waals surface area (Å²) in [6, 6.07) is 4.22. The first-order chi connectivity index (χ1) is 13.5. The minimum Gasteiger partial charge on any atom is -0.409 e. The summed E-state index contributed by atoms with van der Waals surface area (Å²) in [6.07, 6.45) is 1.52. The van der Waals surface area contributed by atoms with Gasteiger partial charge in [-0.1, -0.05) is 11.2 Å². The van der Waals surface area contributed by atoms with Gasteiger partial charge in [0, 0.05) is 20.1 Å². The van der Waals surface area contributed by atoms with Crippen LogP contribution in [0, 0.1) is 5.82 Å². The molecule has 1 aromatic carbocycles. The summed E-state index contributed by atoms with van der Waals surface area (Å²) in [5.41, 5.74) is 2.07. The van der Waals surface area contributed by atoms with E-state index in [1.54, 1.807) is 18.0 Å². The van der Waals surface area contributed by atoms with Crippen molar-refractivity contribution < 1.29 is 19.0 Å². The van der Waals surface area contributed by atoms with E-state index in [4.69, 9.17) is 4.63 Å². The molecule has 1 fully saturated rings. The summed E-state index contributed by atoms with van der Waals surface area (Å²) in [5.74, 6) is 0.0315. The second-order valence-electron chi connectivity index (χ2n) is 6.90. The van der Waals surface area contributed by atoms with Crippen LogP contribution >= 0.6 is 0 Å². The van der Waals surface area contributed by atoms with Crippen LogP contribution in [0.15, 0.2) is 28.0 Å². The zero-order chi connectivity index (χ0) is 19.7. The number of nitrogens with zero attached hydrogens (tertiary/aromatic N) is 4. The number of aryl methyl sites for hydroxylation is 1. The number of rotatable bonds is 5. The van der Waals surface area contributed by atoms with Gasteiger partial charge >= 0.3 is 6.03 Å². The summed E-state index contributed by atoms with van der Waals surface area (Å²) in [7, 11) is 1.71. The van der Waals surface area contributed by atoms with Crippen molar-refractivity contribution in [3.63, 3.8) is 0 Å². The van der Waals surface area contributed by atoms with E-state index in [-0.39, 0.29) is 41.3 Å². The number of halogens is 1. The molecule has 2 heterocycles. The largest absolute Gasteiger partial charge is 0.409 e. The number of benzene rings is 1. The number of anilines is 1. The summed E-state index contributed by atoms with van der Waals surface area (Å²) >= 11 is 0. The van der Waals surface area contributed by atoms with E-state index in [1.165, 1.54) is 12.1 Å². The van der Waals surface area contributed by atoms with Crippen LogP contribution in [-0.4, -0.2) is 58.5 Å². The van der Waals surface area contributed by atoms with Crippen LogP contribution in [0.5, 0.6) is 0 Å². The Balaban J connectivity index is 1.45. The number of carbonyl (C=O) groups is 1. The molecule has 4 N–H and O–H groups in total. The van der Waals surface area contributed by atoms with E-state index in [0.717, 1.165) is 24.0 Å². The van der Waals surface area contributed by atoms with Crippen molar-refractivity contribution in [2.75, 3.05) is 25.5 Å². The highest BCUT2D eigenvalue weighted by molar-refractivity contribution is 6.00. The van der Waals surface area contributed by atoms with Crippen LogP contribution in [0.25, 0.3) is 0 Å². The number of nitrogens with one attached hydrogen (secondary N) is 3. The van der Waals surface area contributed by atoms with Crippen molar-refractivity contribution in [2.24, 2.45) is 5.16 Å². The van der Waals surface area contributed by atoms with Crippen LogP contribution < -0.4 is 16.0 Å². The minimum atomic E-state index is -0.316. The highest BCUT2D eigenvalue weighted by Crippen LogP contribution is 2.32. The zero-order valence-electron chi connectivity index (χ0n) is 15.1. The van der Waals surface area contributed by atoms with Gasteiger partial charge in [0.1, 0.15) is 5.82 Å². The zero-order valence-corrected chi connectivity index (χ0v) is 15.1. The molecule has 28 heavy (non-hydrogen) atoms. The molecule has 0 bridgehead atoms. The number of amides is 2. The molecule has 0 saturated carbocycles. The lowest BCUT2D eigenvalue weighted by Gasteiger charge is -2.16. The van der Waals surface area contributed by atoms with Crippen LogP contribution in [-0.2, 0) is 6.42 Å². The molecular formula is C17H20FN7O3. The van der Waals surface area contributed by atoms with E-state index >= 15 is 0 Å². The third-order valence-electron chi connectivity index (χ3n) is 4.99. The highest BCUT2D eigenvalue weighted by atomic mass is 19.1. The van der Waals surface area contributed by atoms with Gasteiger partial charge in [0.05, 0.1) is 12.1 Å². The lowest BCUT2D eigenvalue weighted by molar-refractivity contribution is 0.226. The van der Waals surface area contributed by atoms with Crippen LogP contribution in [0.3, 0.4) is 0 Å². The number of aromatic nitrogens is 2. The number of amidine groups is 1. The Morgan fingerprint density at radius 3 is 3.11 bits per heavy atom. The molecule has 1 unspecified atom stereocenters. The number of hydrogen-bond donors (Lipinski definition) is 4. The van der Waals surface area contributed by atoms with Crippen molar-refractivity contribution in [1.29, 1.82) is 0 Å². The second-order valence-corrected chi connectivity index (χ2v) is 6.90. The van der Waals surface area contributed by atoms with Gasteiger partial charge in [0.25, 0.3) is 0 Å². The average Bonchev–Trinajstić information content (AvgIpc) is 3.38. The maximum absolute atomic E-state index is 13.6. The van der Waals surface area contributed by atoms with Gasteiger partial charge in [-0.3, -0.25) is 0 Å². The van der Waals surface area contributed by atoms with Gasteiger partial charge in [-0.05, 0) is 46.4 Å². The summed E-state index contributed by atoms with van der Waals surface area (Å²) in [6.45, 7) is 0.948. The van der Waals surface area contributed by atoms with Gasteiger partial charge in [0.15, 0.2) is 11.5 Å². The molecule has 1 saturated heterocycles. The standard InChI is InChI=1S/C17H20FN7O3/c1-25-8-11(20-17(25)26)7-19-15-14(23-28-24-15)16(22-27)21-13-5-3-9-2-4-10(18)6-12(9)13/h2,4,6,11,13,27H,3,5,7-8H2,1H3,(H,19,24)(H,20,26)(H,21,22)/t11-,13?/m1/s1. The van der Waals surface area contributed by atoms with Gasteiger partial charge in [0.2, 0.25) is 5.82 Å². The van der Waals surface area contributed by atoms with Crippen molar-refractivity contribution >= 4 is 17.7 Å². The van der Waals surface area contributed by atoms with Crippen LogP contribution in [0.1, 0.15) is 29.3 Å². The highest BCUT2D eigenvalue weighted by Gasteiger charge is 2.29. The Hall–Kier alpha value is -3.37. The summed E-state index contributed by atoms with van der Waals surface area (Å²) in [5, 5.41) is 29.3.